The average Bonchev–Trinajstić information content (AvgIpc) is 3.51. The van der Waals surface area contributed by atoms with Crippen molar-refractivity contribution in [2.75, 3.05) is 20.2 Å². The van der Waals surface area contributed by atoms with Crippen molar-refractivity contribution in [1.29, 1.82) is 0 Å². The first-order valence-electron chi connectivity index (χ1n) is 10.0. The maximum Gasteiger partial charge on any atom is 0.235 e. The number of hydrogen-bond donors (Lipinski definition) is 2. The number of benzene rings is 1. The predicted octanol–water partition coefficient (Wildman–Crippen LogP) is 3.14. The van der Waals surface area contributed by atoms with Gasteiger partial charge in [-0.15, -0.1) is 0 Å². The zero-order valence-electron chi connectivity index (χ0n) is 16.2. The van der Waals surface area contributed by atoms with Crippen LogP contribution in [0.25, 0.3) is 0 Å². The maximum atomic E-state index is 12.5. The van der Waals surface area contributed by atoms with E-state index in [0.29, 0.717) is 25.9 Å². The molecule has 0 bridgehead atoms. The third-order valence-corrected chi connectivity index (χ3v) is 5.59. The predicted molar refractivity (Wildman–Crippen MR) is 106 cm³/mol. The number of rotatable bonds is 9. The van der Waals surface area contributed by atoms with Crippen LogP contribution in [0.5, 0.6) is 5.75 Å². The molecule has 1 aromatic rings. The van der Waals surface area contributed by atoms with Crippen molar-refractivity contribution in [3.63, 3.8) is 0 Å². The van der Waals surface area contributed by atoms with Crippen molar-refractivity contribution < 1.29 is 14.3 Å². The molecule has 2 amide bonds. The Morgan fingerprint density at radius 3 is 2.22 bits per heavy atom. The zero-order valence-corrected chi connectivity index (χ0v) is 16.2. The number of carbonyl (C=O) groups excluding carboxylic acids is 2. The minimum atomic E-state index is -0.832. The fraction of sp³-hybridized carbons (Fsp3) is 0.545. The Bertz CT molecular complexity index is 690. The van der Waals surface area contributed by atoms with Gasteiger partial charge in [0.15, 0.2) is 0 Å². The van der Waals surface area contributed by atoms with Crippen LogP contribution in [0.4, 0.5) is 0 Å². The Kier molecular flexibility index (Phi) is 6.54. The monoisotopic (exact) mass is 370 g/mol. The van der Waals surface area contributed by atoms with Crippen LogP contribution in [0.3, 0.4) is 0 Å². The number of methoxy groups -OCH3 is 1. The van der Waals surface area contributed by atoms with Gasteiger partial charge >= 0.3 is 0 Å². The fourth-order valence-electron chi connectivity index (χ4n) is 3.60. The largest absolute Gasteiger partial charge is 0.497 e. The molecule has 0 spiro atoms. The van der Waals surface area contributed by atoms with Gasteiger partial charge in [-0.1, -0.05) is 23.8 Å². The van der Waals surface area contributed by atoms with Crippen LogP contribution in [0.2, 0.25) is 0 Å². The van der Waals surface area contributed by atoms with Gasteiger partial charge in [-0.25, -0.2) is 0 Å². The summed E-state index contributed by atoms with van der Waals surface area (Å²) in [7, 11) is 1.64. The smallest absolute Gasteiger partial charge is 0.235 e. The first-order chi connectivity index (χ1) is 13.1. The molecule has 27 heavy (non-hydrogen) atoms. The summed E-state index contributed by atoms with van der Waals surface area (Å²) >= 11 is 0. The van der Waals surface area contributed by atoms with Crippen LogP contribution in [0.15, 0.2) is 35.9 Å². The van der Waals surface area contributed by atoms with Crippen LogP contribution >= 0.6 is 0 Å². The third kappa shape index (κ3) is 5.12. The van der Waals surface area contributed by atoms with E-state index in [1.807, 2.05) is 24.3 Å². The molecule has 0 radical (unpaired) electrons. The molecule has 0 aliphatic heterocycles. The highest BCUT2D eigenvalue weighted by Gasteiger charge is 2.56. The molecule has 0 heterocycles. The molecule has 1 saturated carbocycles. The fourth-order valence-corrected chi connectivity index (χ4v) is 3.60. The summed E-state index contributed by atoms with van der Waals surface area (Å²) in [6.07, 6.45) is 10.1. The first-order valence-corrected chi connectivity index (χ1v) is 10.0. The van der Waals surface area contributed by atoms with E-state index in [9.17, 15) is 9.59 Å². The van der Waals surface area contributed by atoms with E-state index >= 15 is 0 Å². The van der Waals surface area contributed by atoms with E-state index < -0.39 is 5.41 Å². The quantitative estimate of drug-likeness (QED) is 0.518. The molecule has 2 N–H and O–H groups in total. The van der Waals surface area contributed by atoms with Crippen molar-refractivity contribution in [2.24, 2.45) is 5.41 Å². The van der Waals surface area contributed by atoms with Gasteiger partial charge in [-0.05, 0) is 69.1 Å². The summed E-state index contributed by atoms with van der Waals surface area (Å²) in [4.78, 5) is 25.0. The summed E-state index contributed by atoms with van der Waals surface area (Å²) in [5.41, 5.74) is 1.74. The number of nitrogens with one attached hydrogen (secondary N) is 2. The van der Waals surface area contributed by atoms with Gasteiger partial charge < -0.3 is 15.4 Å². The Morgan fingerprint density at radius 2 is 1.67 bits per heavy atom. The lowest BCUT2D eigenvalue weighted by Crippen LogP contribution is -2.43. The van der Waals surface area contributed by atoms with Crippen molar-refractivity contribution >= 4 is 11.8 Å². The molecule has 146 valence electrons. The number of allylic oxidation sites excluding steroid dienone is 1. The standard InChI is InChI=1S/C22H30N2O3/c1-27-19-9-7-18(8-10-19)12-16-24-21(26)22(13-14-22)20(25)23-15-11-17-5-3-2-4-6-17/h5,7-10H,2-4,6,11-16H2,1H3,(H,23,25)(H,24,26). The van der Waals surface area contributed by atoms with Gasteiger partial charge in [0.2, 0.25) is 11.8 Å². The molecule has 1 fully saturated rings. The van der Waals surface area contributed by atoms with Gasteiger partial charge in [0, 0.05) is 13.1 Å². The van der Waals surface area contributed by atoms with Gasteiger partial charge in [0.25, 0.3) is 0 Å². The normalized spacial score (nSPS) is 17.6. The number of hydrogen-bond acceptors (Lipinski definition) is 3. The van der Waals surface area contributed by atoms with E-state index in [4.69, 9.17) is 4.74 Å². The second kappa shape index (κ2) is 9.07. The van der Waals surface area contributed by atoms with Crippen molar-refractivity contribution in [3.05, 3.63) is 41.5 Å². The van der Waals surface area contributed by atoms with Gasteiger partial charge in [-0.2, -0.15) is 0 Å². The van der Waals surface area contributed by atoms with Gasteiger partial charge in [-0.3, -0.25) is 9.59 Å². The van der Waals surface area contributed by atoms with Crippen LogP contribution in [-0.4, -0.2) is 32.0 Å². The summed E-state index contributed by atoms with van der Waals surface area (Å²) in [6, 6.07) is 7.80. The van der Waals surface area contributed by atoms with Gasteiger partial charge in [0.1, 0.15) is 11.2 Å². The Morgan fingerprint density at radius 1 is 1.00 bits per heavy atom. The Hall–Kier alpha value is -2.30. The average molecular weight is 370 g/mol. The van der Waals surface area contributed by atoms with Gasteiger partial charge in [0.05, 0.1) is 7.11 Å². The lowest BCUT2D eigenvalue weighted by atomic mass is 9.97. The molecule has 1 aromatic carbocycles. The molecule has 5 nitrogen and oxygen atoms in total. The molecule has 0 saturated heterocycles. The minimum absolute atomic E-state index is 0.110. The maximum absolute atomic E-state index is 12.5. The van der Waals surface area contributed by atoms with Crippen molar-refractivity contribution in [1.82, 2.24) is 10.6 Å². The molecular formula is C22H30N2O3. The number of carbonyl (C=O) groups is 2. The molecule has 5 heteroatoms. The molecule has 0 aromatic heterocycles. The lowest BCUT2D eigenvalue weighted by molar-refractivity contribution is -0.137. The van der Waals surface area contributed by atoms with E-state index in [2.05, 4.69) is 16.7 Å². The molecule has 0 unspecified atom stereocenters. The Labute approximate surface area is 161 Å². The second-order valence-electron chi connectivity index (χ2n) is 7.55. The summed E-state index contributed by atoms with van der Waals surface area (Å²) in [5.74, 6) is 0.576. The Balaban J connectivity index is 1.40. The third-order valence-electron chi connectivity index (χ3n) is 5.59. The van der Waals surface area contributed by atoms with E-state index in [-0.39, 0.29) is 11.8 Å². The lowest BCUT2D eigenvalue weighted by Gasteiger charge is -2.17. The number of ether oxygens (including phenoxy) is 1. The first kappa shape index (κ1) is 19.5. The molecule has 2 aliphatic carbocycles. The van der Waals surface area contributed by atoms with Crippen LogP contribution in [-0.2, 0) is 16.0 Å². The highest BCUT2D eigenvalue weighted by molar-refractivity contribution is 6.07. The molecular weight excluding hydrogens is 340 g/mol. The summed E-state index contributed by atoms with van der Waals surface area (Å²) in [5, 5.41) is 5.92. The zero-order chi connectivity index (χ0) is 19.1. The highest BCUT2D eigenvalue weighted by Crippen LogP contribution is 2.46. The second-order valence-corrected chi connectivity index (χ2v) is 7.55. The van der Waals surface area contributed by atoms with E-state index in [1.54, 1.807) is 7.11 Å². The van der Waals surface area contributed by atoms with E-state index in [1.165, 1.54) is 18.4 Å². The molecule has 3 rings (SSSR count). The summed E-state index contributed by atoms with van der Waals surface area (Å²) in [6.45, 7) is 1.17. The summed E-state index contributed by atoms with van der Waals surface area (Å²) < 4.78 is 5.14. The van der Waals surface area contributed by atoms with Crippen LogP contribution in [0.1, 0.15) is 50.5 Å². The molecule has 2 aliphatic rings. The van der Waals surface area contributed by atoms with Crippen LogP contribution in [0, 0.1) is 5.41 Å². The number of amides is 2. The van der Waals surface area contributed by atoms with Crippen LogP contribution < -0.4 is 15.4 Å². The molecule has 0 atom stereocenters. The minimum Gasteiger partial charge on any atom is -0.497 e. The van der Waals surface area contributed by atoms with E-state index in [0.717, 1.165) is 37.0 Å². The topological polar surface area (TPSA) is 67.4 Å². The highest BCUT2D eigenvalue weighted by atomic mass is 16.5. The SMILES string of the molecule is COc1ccc(CCNC(=O)C2(C(=O)NCCC3=CCCCC3)CC2)cc1. The van der Waals surface area contributed by atoms with Crippen molar-refractivity contribution in [3.8, 4) is 5.75 Å². The van der Waals surface area contributed by atoms with Crippen molar-refractivity contribution in [2.45, 2.75) is 51.4 Å².